The molecule has 1 amide bonds. The number of carbonyl (C=O) groups excluding carboxylic acids is 1. The van der Waals surface area contributed by atoms with E-state index in [2.05, 4.69) is 18.8 Å². The van der Waals surface area contributed by atoms with Crippen molar-refractivity contribution in [2.75, 3.05) is 13.7 Å². The van der Waals surface area contributed by atoms with Crippen molar-refractivity contribution in [2.24, 2.45) is 5.92 Å². The van der Waals surface area contributed by atoms with Crippen LogP contribution in [-0.2, 0) is 11.3 Å². The van der Waals surface area contributed by atoms with Crippen LogP contribution >= 0.6 is 0 Å². The van der Waals surface area contributed by atoms with Crippen LogP contribution in [0.2, 0.25) is 0 Å². The summed E-state index contributed by atoms with van der Waals surface area (Å²) in [5, 5.41) is 8.68. The predicted molar refractivity (Wildman–Crippen MR) is 85.6 cm³/mol. The van der Waals surface area contributed by atoms with Crippen molar-refractivity contribution in [1.82, 2.24) is 4.90 Å². The summed E-state index contributed by atoms with van der Waals surface area (Å²) in [5.74, 6) is 6.17. The Morgan fingerprint density at radius 1 is 1.33 bits per heavy atom. The molecule has 0 fully saturated rings. The number of hydrogen-bond acceptors (Lipinski definition) is 2. The van der Waals surface area contributed by atoms with E-state index in [4.69, 9.17) is 5.11 Å². The molecule has 1 atom stereocenters. The van der Waals surface area contributed by atoms with Gasteiger partial charge in [-0.05, 0) is 24.1 Å². The van der Waals surface area contributed by atoms with Crippen molar-refractivity contribution >= 4 is 5.91 Å². The van der Waals surface area contributed by atoms with E-state index in [1.807, 2.05) is 38.2 Å². The van der Waals surface area contributed by atoms with Crippen molar-refractivity contribution in [3.63, 3.8) is 0 Å². The molecule has 1 unspecified atom stereocenters. The zero-order valence-electron chi connectivity index (χ0n) is 13.2. The zero-order chi connectivity index (χ0) is 15.7. The zero-order valence-corrected chi connectivity index (χ0v) is 13.2. The van der Waals surface area contributed by atoms with Gasteiger partial charge in [-0.15, -0.1) is 0 Å². The lowest BCUT2D eigenvalue weighted by Crippen LogP contribution is -2.31. The highest BCUT2D eigenvalue weighted by Crippen LogP contribution is 2.12. The Balaban J connectivity index is 2.59. The second-order valence-corrected chi connectivity index (χ2v) is 5.36. The lowest BCUT2D eigenvalue weighted by molar-refractivity contribution is -0.134. The Bertz CT molecular complexity index is 496. The number of nitrogens with zero attached hydrogens (tertiary/aromatic N) is 1. The third-order valence-electron chi connectivity index (χ3n) is 3.36. The summed E-state index contributed by atoms with van der Waals surface area (Å²) >= 11 is 0. The van der Waals surface area contributed by atoms with Crippen molar-refractivity contribution in [3.8, 4) is 11.8 Å². The highest BCUT2D eigenvalue weighted by Gasteiger charge is 2.16. The van der Waals surface area contributed by atoms with E-state index < -0.39 is 0 Å². The van der Waals surface area contributed by atoms with Gasteiger partial charge in [0, 0.05) is 31.5 Å². The number of amides is 1. The number of hydrogen-bond donors (Lipinski definition) is 1. The summed E-state index contributed by atoms with van der Waals surface area (Å²) in [6.07, 6.45) is 2.46. The summed E-state index contributed by atoms with van der Waals surface area (Å²) in [4.78, 5) is 13.9. The fourth-order valence-electron chi connectivity index (χ4n) is 2.20. The van der Waals surface area contributed by atoms with Crippen LogP contribution in [0.3, 0.4) is 0 Å². The second kappa shape index (κ2) is 9.20. The van der Waals surface area contributed by atoms with Crippen molar-refractivity contribution in [1.29, 1.82) is 0 Å². The number of benzene rings is 1. The van der Waals surface area contributed by atoms with Gasteiger partial charge in [-0.2, -0.15) is 0 Å². The molecule has 0 aliphatic rings. The van der Waals surface area contributed by atoms with Gasteiger partial charge in [0.25, 0.3) is 0 Å². The first-order chi connectivity index (χ1) is 10.1. The molecule has 0 heterocycles. The van der Waals surface area contributed by atoms with Crippen LogP contribution in [0.4, 0.5) is 0 Å². The van der Waals surface area contributed by atoms with Gasteiger partial charge in [-0.3, -0.25) is 4.79 Å². The van der Waals surface area contributed by atoms with Gasteiger partial charge in [0.05, 0.1) is 6.61 Å². The average molecular weight is 287 g/mol. The van der Waals surface area contributed by atoms with E-state index >= 15 is 0 Å². The Kier molecular flexibility index (Phi) is 7.56. The van der Waals surface area contributed by atoms with Crippen LogP contribution in [0.5, 0.6) is 0 Å². The van der Waals surface area contributed by atoms with Gasteiger partial charge < -0.3 is 10.0 Å². The maximum atomic E-state index is 12.2. The van der Waals surface area contributed by atoms with Gasteiger partial charge >= 0.3 is 0 Å². The number of rotatable bonds is 6. The van der Waals surface area contributed by atoms with E-state index in [0.29, 0.717) is 13.0 Å². The molecule has 1 N–H and O–H groups in total. The topological polar surface area (TPSA) is 40.5 Å². The molecule has 0 bridgehead atoms. The molecular formula is C18H25NO2. The molecule has 0 spiro atoms. The Labute approximate surface area is 128 Å². The Morgan fingerprint density at radius 3 is 2.57 bits per heavy atom. The molecule has 1 rings (SSSR count). The largest absolute Gasteiger partial charge is 0.395 e. The molecule has 0 aromatic heterocycles. The SMILES string of the molecule is CCCC(C)C(=O)N(C)Cc1ccc(C#CCCO)cc1. The lowest BCUT2D eigenvalue weighted by atomic mass is 10.0. The van der Waals surface area contributed by atoms with Gasteiger partial charge in [0.2, 0.25) is 5.91 Å². The minimum absolute atomic E-state index is 0.0867. The maximum absolute atomic E-state index is 12.2. The fourth-order valence-corrected chi connectivity index (χ4v) is 2.20. The minimum atomic E-state index is 0.0867. The van der Waals surface area contributed by atoms with E-state index in [9.17, 15) is 4.79 Å². The molecule has 0 saturated heterocycles. The maximum Gasteiger partial charge on any atom is 0.225 e. The van der Waals surface area contributed by atoms with Gasteiger partial charge in [-0.25, -0.2) is 0 Å². The molecule has 114 valence electrons. The molecule has 0 radical (unpaired) electrons. The molecule has 0 aliphatic heterocycles. The van der Waals surface area contributed by atoms with Crippen LogP contribution in [0, 0.1) is 17.8 Å². The summed E-state index contributed by atoms with van der Waals surface area (Å²) in [6, 6.07) is 7.90. The van der Waals surface area contributed by atoms with Gasteiger partial charge in [0.15, 0.2) is 0 Å². The number of aliphatic hydroxyl groups excluding tert-OH is 1. The molecule has 3 nitrogen and oxygen atoms in total. The highest BCUT2D eigenvalue weighted by atomic mass is 16.2. The molecule has 21 heavy (non-hydrogen) atoms. The third-order valence-corrected chi connectivity index (χ3v) is 3.36. The molecule has 1 aromatic carbocycles. The first kappa shape index (κ1) is 17.3. The molecule has 1 aromatic rings. The second-order valence-electron chi connectivity index (χ2n) is 5.36. The predicted octanol–water partition coefficient (Wildman–Crippen LogP) is 2.82. The smallest absolute Gasteiger partial charge is 0.225 e. The van der Waals surface area contributed by atoms with E-state index in [-0.39, 0.29) is 18.4 Å². The van der Waals surface area contributed by atoms with Crippen molar-refractivity contribution in [3.05, 3.63) is 35.4 Å². The molecule has 0 aliphatic carbocycles. The van der Waals surface area contributed by atoms with E-state index in [0.717, 1.165) is 24.0 Å². The third kappa shape index (κ3) is 6.01. The van der Waals surface area contributed by atoms with Crippen molar-refractivity contribution < 1.29 is 9.90 Å². The lowest BCUT2D eigenvalue weighted by Gasteiger charge is -2.21. The first-order valence-corrected chi connectivity index (χ1v) is 7.52. The summed E-state index contributed by atoms with van der Waals surface area (Å²) in [5.41, 5.74) is 2.03. The van der Waals surface area contributed by atoms with Crippen LogP contribution in [-0.4, -0.2) is 29.6 Å². The van der Waals surface area contributed by atoms with Crippen LogP contribution < -0.4 is 0 Å². The molecule has 3 heteroatoms. The Morgan fingerprint density at radius 2 is 2.00 bits per heavy atom. The molecule has 0 saturated carbocycles. The number of carbonyl (C=O) groups is 1. The van der Waals surface area contributed by atoms with Gasteiger partial charge in [-0.1, -0.05) is 44.2 Å². The average Bonchev–Trinajstić information content (AvgIpc) is 2.48. The summed E-state index contributed by atoms with van der Waals surface area (Å²) in [7, 11) is 1.85. The highest BCUT2D eigenvalue weighted by molar-refractivity contribution is 5.78. The van der Waals surface area contributed by atoms with Crippen molar-refractivity contribution in [2.45, 2.75) is 39.7 Å². The summed E-state index contributed by atoms with van der Waals surface area (Å²) in [6.45, 7) is 4.80. The first-order valence-electron chi connectivity index (χ1n) is 7.52. The van der Waals surface area contributed by atoms with Gasteiger partial charge in [0.1, 0.15) is 0 Å². The monoisotopic (exact) mass is 287 g/mol. The minimum Gasteiger partial charge on any atom is -0.395 e. The standard InChI is InChI=1S/C18H25NO2/c1-4-7-15(2)18(21)19(3)14-17-11-9-16(10-12-17)8-5-6-13-20/h9-12,15,20H,4,6-7,13-14H2,1-3H3. The van der Waals surface area contributed by atoms with Crippen LogP contribution in [0.25, 0.3) is 0 Å². The fraction of sp³-hybridized carbons (Fsp3) is 0.500. The Hall–Kier alpha value is -1.79. The van der Waals surface area contributed by atoms with E-state index in [1.165, 1.54) is 0 Å². The van der Waals surface area contributed by atoms with Crippen LogP contribution in [0.1, 0.15) is 44.2 Å². The normalized spacial score (nSPS) is 11.4. The number of aliphatic hydroxyl groups is 1. The van der Waals surface area contributed by atoms with Crippen LogP contribution in [0.15, 0.2) is 24.3 Å². The quantitative estimate of drug-likeness (QED) is 0.817. The molecular weight excluding hydrogens is 262 g/mol. The summed E-state index contributed by atoms with van der Waals surface area (Å²) < 4.78 is 0. The van der Waals surface area contributed by atoms with E-state index in [1.54, 1.807) is 4.90 Å².